The van der Waals surface area contributed by atoms with E-state index >= 15 is 0 Å². The lowest BCUT2D eigenvalue weighted by atomic mass is 9.92. The minimum absolute atomic E-state index is 0.413. The van der Waals surface area contributed by atoms with Crippen LogP contribution in [0.5, 0.6) is 11.5 Å². The highest BCUT2D eigenvalue weighted by Gasteiger charge is 2.18. The van der Waals surface area contributed by atoms with Crippen LogP contribution in [0.4, 0.5) is 0 Å². The molecule has 38 heavy (non-hydrogen) atoms. The summed E-state index contributed by atoms with van der Waals surface area (Å²) in [4.78, 5) is 9.47. The van der Waals surface area contributed by atoms with E-state index in [1.807, 2.05) is 48.3 Å². The number of para-hydroxylation sites is 1. The summed E-state index contributed by atoms with van der Waals surface area (Å²) in [5, 5.41) is 0. The lowest BCUT2D eigenvalue weighted by Gasteiger charge is -2.21. The Hall–Kier alpha value is -4.12. The van der Waals surface area contributed by atoms with Gasteiger partial charge in [-0.2, -0.15) is 0 Å². The van der Waals surface area contributed by atoms with E-state index in [-0.39, 0.29) is 0 Å². The number of rotatable bonds is 7. The molecule has 3 aromatic carbocycles. The van der Waals surface area contributed by atoms with Crippen LogP contribution in [0.25, 0.3) is 28.3 Å². The van der Waals surface area contributed by atoms with Gasteiger partial charge in [-0.1, -0.05) is 58.0 Å². The molecule has 5 aromatic rings. The molecule has 0 bridgehead atoms. The standard InChI is InChI=1S/C33H36N4O/c1-21(2)29-12-9-13-30(22(3)4)32(29)37-20-31(35-24(37)6)25-10-8-11-27(18-25)38-28-17-23(5)16-26(19-28)33-34-14-15-36(33)7/h8-22H,1-7H3. The van der Waals surface area contributed by atoms with Crippen molar-refractivity contribution in [2.24, 2.45) is 7.05 Å². The fourth-order valence-corrected chi connectivity index (χ4v) is 5.06. The van der Waals surface area contributed by atoms with Crippen LogP contribution in [0.2, 0.25) is 0 Å². The van der Waals surface area contributed by atoms with Crippen molar-refractivity contribution in [3.63, 3.8) is 0 Å². The maximum Gasteiger partial charge on any atom is 0.139 e. The molecule has 0 saturated carbocycles. The van der Waals surface area contributed by atoms with Crippen LogP contribution in [0.3, 0.4) is 0 Å². The van der Waals surface area contributed by atoms with Crippen LogP contribution < -0.4 is 4.74 Å². The van der Waals surface area contributed by atoms with E-state index in [1.54, 1.807) is 0 Å². The maximum atomic E-state index is 6.35. The molecular weight excluding hydrogens is 468 g/mol. The molecule has 0 unspecified atom stereocenters. The smallest absolute Gasteiger partial charge is 0.139 e. The Labute approximate surface area is 225 Å². The second kappa shape index (κ2) is 10.3. The van der Waals surface area contributed by atoms with E-state index < -0.39 is 0 Å². The summed E-state index contributed by atoms with van der Waals surface area (Å²) < 4.78 is 10.6. The van der Waals surface area contributed by atoms with Crippen LogP contribution in [0.15, 0.2) is 79.3 Å². The van der Waals surface area contributed by atoms with Gasteiger partial charge >= 0.3 is 0 Å². The van der Waals surface area contributed by atoms with Gasteiger partial charge in [0, 0.05) is 36.8 Å². The van der Waals surface area contributed by atoms with E-state index in [0.717, 1.165) is 45.5 Å². The van der Waals surface area contributed by atoms with Gasteiger partial charge in [0.25, 0.3) is 0 Å². The molecule has 0 aliphatic heterocycles. The van der Waals surface area contributed by atoms with Gasteiger partial charge in [0.05, 0.1) is 11.4 Å². The SMILES string of the molecule is Cc1cc(Oc2cccc(-c3cn(-c4c(C(C)C)cccc4C(C)C)c(C)n3)c2)cc(-c2nccn2C)c1. The molecule has 0 fully saturated rings. The summed E-state index contributed by atoms with van der Waals surface area (Å²) >= 11 is 0. The molecule has 0 amide bonds. The Morgan fingerprint density at radius 2 is 1.47 bits per heavy atom. The van der Waals surface area contributed by atoms with Gasteiger partial charge in [0.15, 0.2) is 0 Å². The number of hydrogen-bond acceptors (Lipinski definition) is 3. The molecule has 5 heteroatoms. The van der Waals surface area contributed by atoms with E-state index in [4.69, 9.17) is 9.72 Å². The molecule has 5 rings (SSSR count). The van der Waals surface area contributed by atoms with Gasteiger partial charge in [-0.3, -0.25) is 0 Å². The summed E-state index contributed by atoms with van der Waals surface area (Å²) in [5.41, 5.74) is 8.03. The average molecular weight is 505 g/mol. The molecular formula is C33H36N4O. The van der Waals surface area contributed by atoms with Crippen LogP contribution >= 0.6 is 0 Å². The third-order valence-electron chi connectivity index (χ3n) is 6.96. The van der Waals surface area contributed by atoms with Gasteiger partial charge in [0.2, 0.25) is 0 Å². The minimum atomic E-state index is 0.413. The Morgan fingerprint density at radius 1 is 0.789 bits per heavy atom. The van der Waals surface area contributed by atoms with Crippen LogP contribution in [-0.2, 0) is 7.05 Å². The highest BCUT2D eigenvalue weighted by atomic mass is 16.5. The van der Waals surface area contributed by atoms with Crippen molar-refractivity contribution in [1.29, 1.82) is 0 Å². The number of nitrogens with zero attached hydrogens (tertiary/aromatic N) is 4. The Balaban J connectivity index is 1.50. The number of aromatic nitrogens is 4. The molecule has 0 N–H and O–H groups in total. The van der Waals surface area contributed by atoms with Crippen molar-refractivity contribution in [2.45, 2.75) is 53.4 Å². The first-order valence-electron chi connectivity index (χ1n) is 13.3. The highest BCUT2D eigenvalue weighted by molar-refractivity contribution is 5.64. The van der Waals surface area contributed by atoms with Gasteiger partial charge in [-0.25, -0.2) is 9.97 Å². The number of aryl methyl sites for hydroxylation is 3. The lowest BCUT2D eigenvalue weighted by molar-refractivity contribution is 0.482. The van der Waals surface area contributed by atoms with Gasteiger partial charge in [-0.15, -0.1) is 0 Å². The second-order valence-corrected chi connectivity index (χ2v) is 10.7. The van der Waals surface area contributed by atoms with Gasteiger partial charge in [0.1, 0.15) is 23.1 Å². The molecule has 0 aliphatic carbocycles. The summed E-state index contributed by atoms with van der Waals surface area (Å²) in [6.07, 6.45) is 5.92. The Morgan fingerprint density at radius 3 is 2.13 bits per heavy atom. The fourth-order valence-electron chi connectivity index (χ4n) is 5.06. The number of imidazole rings is 2. The average Bonchev–Trinajstić information content (AvgIpc) is 3.48. The highest BCUT2D eigenvalue weighted by Crippen LogP contribution is 2.34. The van der Waals surface area contributed by atoms with Crippen molar-refractivity contribution in [3.8, 4) is 39.8 Å². The monoisotopic (exact) mass is 504 g/mol. The normalized spacial score (nSPS) is 11.5. The van der Waals surface area contributed by atoms with Gasteiger partial charge < -0.3 is 13.9 Å². The molecule has 2 aromatic heterocycles. The molecule has 0 spiro atoms. The summed E-state index contributed by atoms with van der Waals surface area (Å²) in [6, 6.07) is 21.0. The topological polar surface area (TPSA) is 44.9 Å². The Kier molecular flexibility index (Phi) is 6.94. The van der Waals surface area contributed by atoms with Crippen LogP contribution in [-0.4, -0.2) is 19.1 Å². The van der Waals surface area contributed by atoms with Crippen molar-refractivity contribution in [3.05, 3.63) is 102 Å². The predicted molar refractivity (Wildman–Crippen MR) is 155 cm³/mol. The zero-order valence-electron chi connectivity index (χ0n) is 23.4. The summed E-state index contributed by atoms with van der Waals surface area (Å²) in [6.45, 7) is 13.2. The van der Waals surface area contributed by atoms with Crippen molar-refractivity contribution < 1.29 is 4.74 Å². The molecule has 5 nitrogen and oxygen atoms in total. The second-order valence-electron chi connectivity index (χ2n) is 10.7. The van der Waals surface area contributed by atoms with Crippen LogP contribution in [0, 0.1) is 13.8 Å². The fraction of sp³-hybridized carbons (Fsp3) is 0.273. The van der Waals surface area contributed by atoms with Gasteiger partial charge in [-0.05, 0) is 72.7 Å². The molecule has 0 atom stereocenters. The first-order valence-corrected chi connectivity index (χ1v) is 13.3. The van der Waals surface area contributed by atoms with E-state index in [9.17, 15) is 0 Å². The molecule has 0 aliphatic rings. The Bertz CT molecular complexity index is 1560. The van der Waals surface area contributed by atoms with Crippen LogP contribution in [0.1, 0.15) is 62.0 Å². The third kappa shape index (κ3) is 5.01. The molecule has 194 valence electrons. The molecule has 0 saturated heterocycles. The third-order valence-corrected chi connectivity index (χ3v) is 6.96. The zero-order chi connectivity index (χ0) is 27.0. The molecule has 0 radical (unpaired) electrons. The van der Waals surface area contributed by atoms with Crippen molar-refractivity contribution >= 4 is 0 Å². The number of ether oxygens (including phenoxy) is 1. The summed E-state index contributed by atoms with van der Waals surface area (Å²) in [5.74, 6) is 4.27. The zero-order valence-corrected chi connectivity index (χ0v) is 23.4. The summed E-state index contributed by atoms with van der Waals surface area (Å²) in [7, 11) is 2.00. The first-order chi connectivity index (χ1) is 18.2. The predicted octanol–water partition coefficient (Wildman–Crippen LogP) is 8.60. The van der Waals surface area contributed by atoms with Crippen molar-refractivity contribution in [2.75, 3.05) is 0 Å². The van der Waals surface area contributed by atoms with E-state index in [0.29, 0.717) is 11.8 Å². The van der Waals surface area contributed by atoms with E-state index in [2.05, 4.69) is 93.7 Å². The number of hydrogen-bond donors (Lipinski definition) is 0. The van der Waals surface area contributed by atoms with Crippen molar-refractivity contribution in [1.82, 2.24) is 19.1 Å². The van der Waals surface area contributed by atoms with E-state index in [1.165, 1.54) is 16.8 Å². The number of benzene rings is 3. The first kappa shape index (κ1) is 25.5. The maximum absolute atomic E-state index is 6.35. The lowest BCUT2D eigenvalue weighted by Crippen LogP contribution is -2.07. The quantitative estimate of drug-likeness (QED) is 0.223. The molecule has 2 heterocycles. The minimum Gasteiger partial charge on any atom is -0.457 e. The largest absolute Gasteiger partial charge is 0.457 e.